The van der Waals surface area contributed by atoms with Crippen LogP contribution in [0.3, 0.4) is 0 Å². The summed E-state index contributed by atoms with van der Waals surface area (Å²) in [6, 6.07) is 27.3. The summed E-state index contributed by atoms with van der Waals surface area (Å²) in [6.07, 6.45) is 2.76. The lowest BCUT2D eigenvalue weighted by Gasteiger charge is -2.36. The SMILES string of the molecule is COC(=O)COc1cccc(N2CC(CCC[C@H](C)c3cccc4ccccc34)Oc3cccc(F)c32)c1. The maximum absolute atomic E-state index is 15.0. The van der Waals surface area contributed by atoms with Gasteiger partial charge in [0.1, 0.15) is 23.3 Å². The third-order valence-corrected chi connectivity index (χ3v) is 7.13. The number of anilines is 2. The Morgan fingerprint density at radius 3 is 2.71 bits per heavy atom. The van der Waals surface area contributed by atoms with Crippen molar-refractivity contribution in [3.05, 3.63) is 96.3 Å². The lowest BCUT2D eigenvalue weighted by molar-refractivity contribution is -0.142. The van der Waals surface area contributed by atoms with Crippen molar-refractivity contribution >= 4 is 28.1 Å². The van der Waals surface area contributed by atoms with Crippen LogP contribution in [0.1, 0.15) is 37.7 Å². The minimum atomic E-state index is -0.462. The van der Waals surface area contributed by atoms with Crippen LogP contribution in [0.4, 0.5) is 15.8 Å². The molecule has 1 aliphatic rings. The molecule has 0 amide bonds. The molecule has 0 aromatic heterocycles. The van der Waals surface area contributed by atoms with Gasteiger partial charge < -0.3 is 19.1 Å². The zero-order valence-corrected chi connectivity index (χ0v) is 21.7. The van der Waals surface area contributed by atoms with Gasteiger partial charge in [-0.15, -0.1) is 0 Å². The van der Waals surface area contributed by atoms with Crippen LogP contribution in [0.25, 0.3) is 10.8 Å². The van der Waals surface area contributed by atoms with E-state index in [9.17, 15) is 9.18 Å². The normalized spacial score (nSPS) is 15.4. The summed E-state index contributed by atoms with van der Waals surface area (Å²) in [7, 11) is 1.32. The molecule has 2 atom stereocenters. The van der Waals surface area contributed by atoms with Crippen LogP contribution in [-0.2, 0) is 9.53 Å². The van der Waals surface area contributed by atoms with Gasteiger partial charge >= 0.3 is 5.97 Å². The van der Waals surface area contributed by atoms with Gasteiger partial charge in [0.25, 0.3) is 0 Å². The maximum Gasteiger partial charge on any atom is 0.343 e. The largest absolute Gasteiger partial charge is 0.486 e. The molecular formula is C32H32FNO4. The second-order valence-electron chi connectivity index (χ2n) is 9.70. The van der Waals surface area contributed by atoms with Gasteiger partial charge in [0.2, 0.25) is 0 Å². The number of rotatable bonds is 9. The quantitative estimate of drug-likeness (QED) is 0.218. The summed E-state index contributed by atoms with van der Waals surface area (Å²) in [5.41, 5.74) is 2.56. The van der Waals surface area contributed by atoms with Crippen LogP contribution >= 0.6 is 0 Å². The van der Waals surface area contributed by atoms with Gasteiger partial charge in [-0.25, -0.2) is 9.18 Å². The first-order chi connectivity index (χ1) is 18.5. The number of nitrogens with zero attached hydrogens (tertiary/aromatic N) is 1. The number of hydrogen-bond donors (Lipinski definition) is 0. The summed E-state index contributed by atoms with van der Waals surface area (Å²) in [4.78, 5) is 13.4. The van der Waals surface area contributed by atoms with Crippen molar-refractivity contribution in [1.82, 2.24) is 0 Å². The number of fused-ring (bicyclic) bond motifs is 2. The summed E-state index contributed by atoms with van der Waals surface area (Å²) in [6.45, 7) is 2.60. The molecule has 0 aliphatic carbocycles. The van der Waals surface area contributed by atoms with Crippen molar-refractivity contribution < 1.29 is 23.4 Å². The fraction of sp³-hybridized carbons (Fsp3) is 0.281. The molecule has 5 rings (SSSR count). The van der Waals surface area contributed by atoms with Crippen molar-refractivity contribution in [1.29, 1.82) is 0 Å². The molecule has 0 saturated heterocycles. The average Bonchev–Trinajstić information content (AvgIpc) is 2.95. The van der Waals surface area contributed by atoms with Crippen LogP contribution in [0.2, 0.25) is 0 Å². The van der Waals surface area contributed by atoms with Crippen LogP contribution in [0.15, 0.2) is 84.9 Å². The first-order valence-electron chi connectivity index (χ1n) is 13.0. The molecule has 6 heteroatoms. The molecule has 4 aromatic rings. The van der Waals surface area contributed by atoms with Gasteiger partial charge in [0.05, 0.1) is 13.7 Å². The Hall–Kier alpha value is -4.06. The Balaban J connectivity index is 1.30. The molecule has 1 aliphatic heterocycles. The zero-order valence-electron chi connectivity index (χ0n) is 21.7. The summed E-state index contributed by atoms with van der Waals surface area (Å²) in [5.74, 6) is 0.651. The summed E-state index contributed by atoms with van der Waals surface area (Å²) < 4.78 is 31.5. The second-order valence-corrected chi connectivity index (χ2v) is 9.70. The van der Waals surface area contributed by atoms with E-state index < -0.39 is 5.97 Å². The molecule has 0 bridgehead atoms. The van der Waals surface area contributed by atoms with E-state index in [0.29, 0.717) is 29.6 Å². The van der Waals surface area contributed by atoms with E-state index >= 15 is 0 Å². The molecule has 0 N–H and O–H groups in total. The van der Waals surface area contributed by atoms with Crippen LogP contribution in [0.5, 0.6) is 11.5 Å². The first-order valence-corrected chi connectivity index (χ1v) is 13.0. The van der Waals surface area contributed by atoms with Gasteiger partial charge in [-0.1, -0.05) is 61.5 Å². The molecule has 0 spiro atoms. The van der Waals surface area contributed by atoms with Gasteiger partial charge in [0, 0.05) is 11.8 Å². The summed E-state index contributed by atoms with van der Waals surface area (Å²) in [5, 5.41) is 2.57. The molecule has 1 unspecified atom stereocenters. The Bertz CT molecular complexity index is 1420. The van der Waals surface area contributed by atoms with E-state index in [1.165, 1.54) is 29.5 Å². The predicted octanol–water partition coefficient (Wildman–Crippen LogP) is 7.40. The molecule has 4 aromatic carbocycles. The highest BCUT2D eigenvalue weighted by molar-refractivity contribution is 5.86. The third kappa shape index (κ3) is 5.59. The minimum absolute atomic E-state index is 0.0938. The van der Waals surface area contributed by atoms with Crippen LogP contribution in [-0.4, -0.2) is 32.3 Å². The predicted molar refractivity (Wildman–Crippen MR) is 148 cm³/mol. The van der Waals surface area contributed by atoms with Gasteiger partial charge in [-0.05, 0) is 65.8 Å². The maximum atomic E-state index is 15.0. The number of carbonyl (C=O) groups excluding carboxylic acids is 1. The number of benzene rings is 4. The van der Waals surface area contributed by atoms with E-state index in [-0.39, 0.29) is 18.5 Å². The fourth-order valence-corrected chi connectivity index (χ4v) is 5.18. The van der Waals surface area contributed by atoms with Crippen LogP contribution in [0, 0.1) is 5.82 Å². The molecule has 196 valence electrons. The van der Waals surface area contributed by atoms with Gasteiger partial charge in [-0.3, -0.25) is 0 Å². The molecule has 0 saturated carbocycles. The molecule has 5 nitrogen and oxygen atoms in total. The highest BCUT2D eigenvalue weighted by Gasteiger charge is 2.29. The highest BCUT2D eigenvalue weighted by Crippen LogP contribution is 2.42. The molecule has 1 heterocycles. The monoisotopic (exact) mass is 513 g/mol. The number of ether oxygens (including phenoxy) is 3. The lowest BCUT2D eigenvalue weighted by Crippen LogP contribution is -2.38. The summed E-state index contributed by atoms with van der Waals surface area (Å²) >= 11 is 0. The Labute approximate surface area is 222 Å². The van der Waals surface area contributed by atoms with Gasteiger partial charge in [0.15, 0.2) is 12.4 Å². The van der Waals surface area contributed by atoms with Crippen molar-refractivity contribution in [2.24, 2.45) is 0 Å². The minimum Gasteiger partial charge on any atom is -0.486 e. The van der Waals surface area contributed by atoms with Crippen molar-refractivity contribution in [2.75, 3.05) is 25.2 Å². The second kappa shape index (κ2) is 11.5. The number of esters is 1. The third-order valence-electron chi connectivity index (χ3n) is 7.13. The smallest absolute Gasteiger partial charge is 0.343 e. The average molecular weight is 514 g/mol. The lowest BCUT2D eigenvalue weighted by atomic mass is 9.90. The zero-order chi connectivity index (χ0) is 26.5. The molecular weight excluding hydrogens is 481 g/mol. The fourth-order valence-electron chi connectivity index (χ4n) is 5.18. The molecule has 38 heavy (non-hydrogen) atoms. The van der Waals surface area contributed by atoms with E-state index in [1.807, 2.05) is 29.2 Å². The Kier molecular flexibility index (Phi) is 7.78. The Morgan fingerprint density at radius 2 is 1.84 bits per heavy atom. The first kappa shape index (κ1) is 25.6. The van der Waals surface area contributed by atoms with E-state index in [4.69, 9.17) is 9.47 Å². The highest BCUT2D eigenvalue weighted by atomic mass is 19.1. The van der Waals surface area contributed by atoms with E-state index in [0.717, 1.165) is 24.9 Å². The van der Waals surface area contributed by atoms with Crippen molar-refractivity contribution in [3.63, 3.8) is 0 Å². The number of carbonyl (C=O) groups is 1. The number of hydrogen-bond acceptors (Lipinski definition) is 5. The van der Waals surface area contributed by atoms with Gasteiger partial charge in [-0.2, -0.15) is 0 Å². The van der Waals surface area contributed by atoms with Crippen molar-refractivity contribution in [2.45, 2.75) is 38.2 Å². The van der Waals surface area contributed by atoms with Crippen LogP contribution < -0.4 is 14.4 Å². The Morgan fingerprint density at radius 1 is 1.05 bits per heavy atom. The van der Waals surface area contributed by atoms with Crippen molar-refractivity contribution in [3.8, 4) is 11.5 Å². The standard InChI is InChI=1S/C32H32FNO4/c1-22(27-16-6-11-23-10-3-4-15-28(23)27)9-5-14-26-20-34(32-29(33)17-8-18-30(32)38-26)24-12-7-13-25(19-24)37-21-31(35)36-2/h3-4,6-8,10-13,15-19,22,26H,5,9,14,20-21H2,1-2H3/t22-,26?/m0/s1. The number of para-hydroxylation sites is 1. The topological polar surface area (TPSA) is 48.0 Å². The van der Waals surface area contributed by atoms with E-state index in [2.05, 4.69) is 54.1 Å². The number of halogens is 1. The molecule has 0 fully saturated rings. The van der Waals surface area contributed by atoms with E-state index in [1.54, 1.807) is 12.1 Å². The number of methoxy groups -OCH3 is 1. The molecule has 0 radical (unpaired) electrons.